The van der Waals surface area contributed by atoms with Gasteiger partial charge in [-0.05, 0) is 35.0 Å². The summed E-state index contributed by atoms with van der Waals surface area (Å²) in [6.07, 6.45) is 0.00899. The Morgan fingerprint density at radius 1 is 0.762 bits per heavy atom. The fourth-order valence-electron chi connectivity index (χ4n) is 4.05. The first-order chi connectivity index (χ1) is 20.0. The molecule has 0 saturated heterocycles. The van der Waals surface area contributed by atoms with Crippen LogP contribution in [0.15, 0.2) is 36.4 Å². The molecule has 11 nitrogen and oxygen atoms in total. The number of hydrogen-bond acceptors (Lipinski definition) is 10. The number of carboxylic acid groups (broad SMARTS) is 2. The SMILES string of the molecule is COc1cc2sc(C(=O)N(C)CCC(=O)O)cc2cc1OCCCOc1cc2cc(C(=O)CCC(=O)O)sc2cc1O. The van der Waals surface area contributed by atoms with Gasteiger partial charge < -0.3 is 34.4 Å². The van der Waals surface area contributed by atoms with Crippen molar-refractivity contribution < 1.29 is 48.7 Å². The van der Waals surface area contributed by atoms with Crippen molar-refractivity contribution >= 4 is 66.5 Å². The van der Waals surface area contributed by atoms with E-state index < -0.39 is 11.9 Å². The number of ketones is 1. The highest BCUT2D eigenvalue weighted by molar-refractivity contribution is 7.21. The lowest BCUT2D eigenvalue weighted by Crippen LogP contribution is -2.28. The van der Waals surface area contributed by atoms with Crippen LogP contribution in [0.5, 0.6) is 23.0 Å². The number of fused-ring (bicyclic) bond motifs is 2. The Balaban J connectivity index is 1.34. The van der Waals surface area contributed by atoms with Crippen LogP contribution in [-0.4, -0.2) is 77.8 Å². The van der Waals surface area contributed by atoms with Gasteiger partial charge in [-0.25, -0.2) is 0 Å². The van der Waals surface area contributed by atoms with Crippen LogP contribution in [0.2, 0.25) is 0 Å². The zero-order valence-electron chi connectivity index (χ0n) is 22.9. The molecular formula is C29H29NO10S2. The molecule has 222 valence electrons. The minimum atomic E-state index is -1.03. The van der Waals surface area contributed by atoms with E-state index >= 15 is 0 Å². The summed E-state index contributed by atoms with van der Waals surface area (Å²) in [6.45, 7) is 0.619. The lowest BCUT2D eigenvalue weighted by Gasteiger charge is -2.14. The number of amides is 1. The van der Waals surface area contributed by atoms with E-state index in [0.717, 1.165) is 10.1 Å². The van der Waals surface area contributed by atoms with E-state index in [2.05, 4.69) is 0 Å². The molecule has 2 aromatic carbocycles. The average Bonchev–Trinajstić information content (AvgIpc) is 3.56. The number of aliphatic carboxylic acids is 2. The topological polar surface area (TPSA) is 160 Å². The average molecular weight is 616 g/mol. The summed E-state index contributed by atoms with van der Waals surface area (Å²) in [5.41, 5.74) is 0. The Morgan fingerprint density at radius 2 is 1.36 bits per heavy atom. The van der Waals surface area contributed by atoms with E-state index in [1.165, 1.54) is 40.7 Å². The molecule has 0 fully saturated rings. The monoisotopic (exact) mass is 615 g/mol. The normalized spacial score (nSPS) is 11.0. The number of Topliss-reactive ketones (excluding diaryl/α,β-unsaturated/α-hetero) is 1. The first-order valence-electron chi connectivity index (χ1n) is 12.9. The minimum absolute atomic E-state index is 0.0710. The van der Waals surface area contributed by atoms with E-state index in [0.29, 0.717) is 37.8 Å². The van der Waals surface area contributed by atoms with Gasteiger partial charge in [0.15, 0.2) is 28.8 Å². The Kier molecular flexibility index (Phi) is 9.86. The minimum Gasteiger partial charge on any atom is -0.504 e. The Labute approximate surface area is 248 Å². The number of carboxylic acids is 2. The van der Waals surface area contributed by atoms with E-state index in [4.69, 9.17) is 24.4 Å². The standard InChI is InChI=1S/C29H29NO10S2/c1-30(7-6-28(35)36)29(37)26-13-17-11-22(21(38-2)15-24(17)42-26)40-9-3-8-39-20-10-16-12-25(18(31)4-5-27(33)34)41-23(16)14-19(20)32/h10-15,32H,3-9H2,1-2H3,(H,33,34)(H,35,36). The van der Waals surface area contributed by atoms with Gasteiger partial charge in [-0.15, -0.1) is 22.7 Å². The molecule has 2 aromatic heterocycles. The number of rotatable bonds is 15. The fourth-order valence-corrected chi connectivity index (χ4v) is 6.17. The summed E-state index contributed by atoms with van der Waals surface area (Å²) >= 11 is 2.47. The van der Waals surface area contributed by atoms with Crippen molar-refractivity contribution in [2.75, 3.05) is 33.9 Å². The number of ether oxygens (including phenoxy) is 3. The quantitative estimate of drug-likeness (QED) is 0.119. The molecular weight excluding hydrogens is 586 g/mol. The second-order valence-corrected chi connectivity index (χ2v) is 11.5. The number of benzene rings is 2. The van der Waals surface area contributed by atoms with Gasteiger partial charge in [0.25, 0.3) is 5.91 Å². The number of phenols is 1. The molecule has 13 heteroatoms. The van der Waals surface area contributed by atoms with Gasteiger partial charge in [0, 0.05) is 48.0 Å². The summed E-state index contributed by atoms with van der Waals surface area (Å²) in [7, 11) is 3.08. The molecule has 0 aliphatic carbocycles. The van der Waals surface area contributed by atoms with Gasteiger partial charge >= 0.3 is 11.9 Å². The molecule has 0 radical (unpaired) electrons. The zero-order chi connectivity index (χ0) is 30.4. The zero-order valence-corrected chi connectivity index (χ0v) is 24.5. The van der Waals surface area contributed by atoms with Gasteiger partial charge in [-0.1, -0.05) is 0 Å². The highest BCUT2D eigenvalue weighted by Gasteiger charge is 2.18. The van der Waals surface area contributed by atoms with Crippen LogP contribution in [0, 0.1) is 0 Å². The third-order valence-corrected chi connectivity index (χ3v) is 8.49. The van der Waals surface area contributed by atoms with Crippen LogP contribution in [0.25, 0.3) is 20.2 Å². The Bertz CT molecular complexity index is 1640. The molecule has 4 aromatic rings. The van der Waals surface area contributed by atoms with Crippen molar-refractivity contribution in [2.45, 2.75) is 25.7 Å². The van der Waals surface area contributed by atoms with Crippen molar-refractivity contribution in [2.24, 2.45) is 0 Å². The molecule has 0 bridgehead atoms. The summed E-state index contributed by atoms with van der Waals surface area (Å²) in [4.78, 5) is 48.8. The highest BCUT2D eigenvalue weighted by Crippen LogP contribution is 2.38. The number of nitrogens with zero attached hydrogens (tertiary/aromatic N) is 1. The molecule has 4 rings (SSSR count). The van der Waals surface area contributed by atoms with Gasteiger partial charge in [0.2, 0.25) is 0 Å². The summed E-state index contributed by atoms with van der Waals surface area (Å²) < 4.78 is 18.7. The van der Waals surface area contributed by atoms with Crippen LogP contribution >= 0.6 is 22.7 Å². The Morgan fingerprint density at radius 3 is 2.02 bits per heavy atom. The maximum atomic E-state index is 12.7. The molecule has 2 heterocycles. The van der Waals surface area contributed by atoms with E-state index in [1.54, 1.807) is 37.4 Å². The largest absolute Gasteiger partial charge is 0.504 e. The molecule has 0 saturated carbocycles. The van der Waals surface area contributed by atoms with Crippen molar-refractivity contribution in [3.05, 3.63) is 46.2 Å². The smallest absolute Gasteiger partial charge is 0.305 e. The summed E-state index contributed by atoms with van der Waals surface area (Å²) in [6, 6.07) is 10.1. The molecule has 0 aliphatic heterocycles. The lowest BCUT2D eigenvalue weighted by atomic mass is 10.1. The third kappa shape index (κ3) is 7.47. The number of carbonyl (C=O) groups is 4. The van der Waals surface area contributed by atoms with Crippen molar-refractivity contribution in [3.63, 3.8) is 0 Å². The van der Waals surface area contributed by atoms with Crippen LogP contribution in [0.4, 0.5) is 0 Å². The Hall–Kier alpha value is -4.36. The van der Waals surface area contributed by atoms with Gasteiger partial charge in [-0.3, -0.25) is 19.2 Å². The number of thiophene rings is 2. The number of aromatic hydroxyl groups is 1. The first-order valence-corrected chi connectivity index (χ1v) is 14.5. The highest BCUT2D eigenvalue weighted by atomic mass is 32.1. The maximum Gasteiger partial charge on any atom is 0.305 e. The summed E-state index contributed by atoms with van der Waals surface area (Å²) in [5, 5.41) is 29.6. The third-order valence-electron chi connectivity index (χ3n) is 6.26. The number of carbonyl (C=O) groups excluding carboxylic acids is 2. The number of phenolic OH excluding ortho intramolecular Hbond substituents is 1. The van der Waals surface area contributed by atoms with Crippen molar-refractivity contribution in [1.29, 1.82) is 0 Å². The fraction of sp³-hybridized carbons (Fsp3) is 0.310. The number of hydrogen-bond donors (Lipinski definition) is 3. The van der Waals surface area contributed by atoms with Crippen molar-refractivity contribution in [3.8, 4) is 23.0 Å². The number of methoxy groups -OCH3 is 1. The van der Waals surface area contributed by atoms with Crippen LogP contribution in [0.1, 0.15) is 45.0 Å². The lowest BCUT2D eigenvalue weighted by molar-refractivity contribution is -0.138. The van der Waals surface area contributed by atoms with Gasteiger partial charge in [0.05, 0.1) is 42.9 Å². The molecule has 42 heavy (non-hydrogen) atoms. The molecule has 0 unspecified atom stereocenters. The van der Waals surface area contributed by atoms with E-state index in [-0.39, 0.29) is 62.2 Å². The van der Waals surface area contributed by atoms with E-state index in [9.17, 15) is 24.3 Å². The molecule has 1 amide bonds. The molecule has 0 aliphatic rings. The molecule has 3 N–H and O–H groups in total. The maximum absolute atomic E-state index is 12.7. The van der Waals surface area contributed by atoms with Crippen molar-refractivity contribution in [1.82, 2.24) is 4.90 Å². The van der Waals surface area contributed by atoms with Crippen LogP contribution < -0.4 is 14.2 Å². The first kappa shape index (κ1) is 30.6. The van der Waals surface area contributed by atoms with Crippen LogP contribution in [-0.2, 0) is 9.59 Å². The second kappa shape index (κ2) is 13.5. The molecule has 0 spiro atoms. The summed E-state index contributed by atoms with van der Waals surface area (Å²) in [5.74, 6) is -1.36. The van der Waals surface area contributed by atoms with Crippen LogP contribution in [0.3, 0.4) is 0 Å². The van der Waals surface area contributed by atoms with Gasteiger partial charge in [-0.2, -0.15) is 0 Å². The van der Waals surface area contributed by atoms with Gasteiger partial charge in [0.1, 0.15) is 0 Å². The predicted molar refractivity (Wildman–Crippen MR) is 158 cm³/mol. The van der Waals surface area contributed by atoms with E-state index in [1.807, 2.05) is 0 Å². The second-order valence-electron chi connectivity index (χ2n) is 9.36. The predicted octanol–water partition coefficient (Wildman–Crippen LogP) is 5.27. The molecule has 0 atom stereocenters.